The number of hydrogen-bond donors (Lipinski definition) is 1. The number of nitrogens with two attached hydrogens (primary N) is 1. The van der Waals surface area contributed by atoms with Gasteiger partial charge in [0.25, 0.3) is 0 Å². The van der Waals surface area contributed by atoms with Gasteiger partial charge in [-0.15, -0.1) is 0 Å². The summed E-state index contributed by atoms with van der Waals surface area (Å²) in [6.45, 7) is 10.8. The molecule has 5 heteroatoms. The van der Waals surface area contributed by atoms with E-state index in [1.165, 1.54) is 0 Å². The van der Waals surface area contributed by atoms with Crippen molar-refractivity contribution < 1.29 is 8.42 Å². The van der Waals surface area contributed by atoms with Gasteiger partial charge in [0, 0.05) is 12.6 Å². The van der Waals surface area contributed by atoms with Gasteiger partial charge in [0.1, 0.15) is 0 Å². The molecule has 118 valence electrons. The summed E-state index contributed by atoms with van der Waals surface area (Å²) in [5.41, 5.74) is 9.51. The van der Waals surface area contributed by atoms with E-state index in [2.05, 4.69) is 6.07 Å². The van der Waals surface area contributed by atoms with Crippen molar-refractivity contribution in [3.05, 3.63) is 28.3 Å². The smallest absolute Gasteiger partial charge is 0.243 e. The highest BCUT2D eigenvalue weighted by atomic mass is 32.2. The van der Waals surface area contributed by atoms with Gasteiger partial charge in [0.15, 0.2) is 0 Å². The lowest BCUT2D eigenvalue weighted by molar-refractivity contribution is 0.404. The maximum atomic E-state index is 13.1. The van der Waals surface area contributed by atoms with Gasteiger partial charge in [-0.25, -0.2) is 8.42 Å². The molecule has 21 heavy (non-hydrogen) atoms. The van der Waals surface area contributed by atoms with Crippen LogP contribution in [0.2, 0.25) is 0 Å². The van der Waals surface area contributed by atoms with Crippen LogP contribution in [0.1, 0.15) is 35.6 Å². The van der Waals surface area contributed by atoms with Gasteiger partial charge in [0.2, 0.25) is 10.0 Å². The van der Waals surface area contributed by atoms with Gasteiger partial charge in [0.05, 0.1) is 4.90 Å². The zero-order chi connectivity index (χ0) is 15.9. The van der Waals surface area contributed by atoms with Gasteiger partial charge in [-0.3, -0.25) is 0 Å². The molecule has 1 fully saturated rings. The summed E-state index contributed by atoms with van der Waals surface area (Å²) >= 11 is 0. The maximum Gasteiger partial charge on any atom is 0.243 e. The SMILES string of the molecule is Cc1cc(C)c(C)c(S(=O)(=O)N2CC(CN)CC2C)c1C. The van der Waals surface area contributed by atoms with E-state index < -0.39 is 10.0 Å². The highest BCUT2D eigenvalue weighted by Gasteiger charge is 2.38. The average Bonchev–Trinajstić information content (AvgIpc) is 2.78. The van der Waals surface area contributed by atoms with E-state index >= 15 is 0 Å². The molecule has 2 rings (SSSR count). The molecule has 1 heterocycles. The number of hydrogen-bond acceptors (Lipinski definition) is 3. The highest BCUT2D eigenvalue weighted by molar-refractivity contribution is 7.89. The van der Waals surface area contributed by atoms with Crippen LogP contribution in [0.15, 0.2) is 11.0 Å². The molecule has 1 aliphatic heterocycles. The lowest BCUT2D eigenvalue weighted by Gasteiger charge is -2.24. The summed E-state index contributed by atoms with van der Waals surface area (Å²) in [6.07, 6.45) is 0.846. The second-order valence-electron chi connectivity index (χ2n) is 6.35. The lowest BCUT2D eigenvalue weighted by Crippen LogP contribution is -2.35. The van der Waals surface area contributed by atoms with E-state index in [4.69, 9.17) is 5.73 Å². The minimum atomic E-state index is -3.46. The first-order valence-electron chi connectivity index (χ1n) is 7.49. The Balaban J connectivity index is 2.56. The van der Waals surface area contributed by atoms with Crippen LogP contribution in [0.25, 0.3) is 0 Å². The van der Waals surface area contributed by atoms with Crippen molar-refractivity contribution in [1.29, 1.82) is 0 Å². The van der Waals surface area contributed by atoms with Crippen molar-refractivity contribution in [2.75, 3.05) is 13.1 Å². The van der Waals surface area contributed by atoms with Crippen LogP contribution in [-0.4, -0.2) is 31.9 Å². The van der Waals surface area contributed by atoms with E-state index in [1.54, 1.807) is 4.31 Å². The van der Waals surface area contributed by atoms with Crippen molar-refractivity contribution in [2.45, 2.75) is 52.0 Å². The van der Waals surface area contributed by atoms with Crippen molar-refractivity contribution in [3.8, 4) is 0 Å². The van der Waals surface area contributed by atoms with Crippen molar-refractivity contribution in [2.24, 2.45) is 11.7 Å². The molecule has 0 aromatic heterocycles. The Kier molecular flexibility index (Phi) is 4.47. The molecular weight excluding hydrogens is 284 g/mol. The van der Waals surface area contributed by atoms with Gasteiger partial charge >= 0.3 is 0 Å². The van der Waals surface area contributed by atoms with Crippen molar-refractivity contribution in [1.82, 2.24) is 4.31 Å². The summed E-state index contributed by atoms with van der Waals surface area (Å²) in [6, 6.07) is 2.07. The molecule has 2 unspecified atom stereocenters. The van der Waals surface area contributed by atoms with Gasteiger partial charge in [-0.1, -0.05) is 6.07 Å². The second-order valence-corrected chi connectivity index (χ2v) is 8.18. The zero-order valence-electron chi connectivity index (χ0n) is 13.6. The van der Waals surface area contributed by atoms with E-state index in [0.717, 1.165) is 28.7 Å². The van der Waals surface area contributed by atoms with E-state index in [0.29, 0.717) is 18.0 Å². The third-order valence-electron chi connectivity index (χ3n) is 4.80. The molecule has 0 bridgehead atoms. The predicted octanol–water partition coefficient (Wildman–Crippen LogP) is 2.28. The molecule has 2 N–H and O–H groups in total. The van der Waals surface area contributed by atoms with Crippen molar-refractivity contribution >= 4 is 10.0 Å². The highest BCUT2D eigenvalue weighted by Crippen LogP contribution is 2.33. The number of aryl methyl sites for hydroxylation is 2. The Hall–Kier alpha value is -0.910. The van der Waals surface area contributed by atoms with Crippen LogP contribution >= 0.6 is 0 Å². The normalized spacial score (nSPS) is 23.7. The van der Waals surface area contributed by atoms with Crippen molar-refractivity contribution in [3.63, 3.8) is 0 Å². The van der Waals surface area contributed by atoms with Crippen LogP contribution < -0.4 is 5.73 Å². The third kappa shape index (κ3) is 2.74. The molecule has 1 aromatic carbocycles. The lowest BCUT2D eigenvalue weighted by atomic mass is 10.0. The van der Waals surface area contributed by atoms with Gasteiger partial charge in [-0.05, 0) is 75.8 Å². The first-order valence-corrected chi connectivity index (χ1v) is 8.93. The van der Waals surface area contributed by atoms with Crippen LogP contribution in [0.4, 0.5) is 0 Å². The summed E-state index contributed by atoms with van der Waals surface area (Å²) < 4.78 is 27.9. The maximum absolute atomic E-state index is 13.1. The standard InChI is InChI=1S/C16H26N2O2S/c1-10-6-11(2)14(5)16(13(10)4)21(19,20)18-9-15(8-17)7-12(18)3/h6,12,15H,7-9,17H2,1-5H3. The molecule has 1 aliphatic rings. The minimum Gasteiger partial charge on any atom is -0.330 e. The number of sulfonamides is 1. The van der Waals surface area contributed by atoms with E-state index in [-0.39, 0.29) is 12.0 Å². The van der Waals surface area contributed by atoms with E-state index in [9.17, 15) is 8.42 Å². The monoisotopic (exact) mass is 310 g/mol. The number of benzene rings is 1. The summed E-state index contributed by atoms with van der Waals surface area (Å²) in [5, 5.41) is 0. The first kappa shape index (κ1) is 16.5. The molecule has 0 spiro atoms. The topological polar surface area (TPSA) is 63.4 Å². The fraction of sp³-hybridized carbons (Fsp3) is 0.625. The van der Waals surface area contributed by atoms with Crippen LogP contribution in [0.5, 0.6) is 0 Å². The quantitative estimate of drug-likeness (QED) is 0.931. The number of nitrogens with zero attached hydrogens (tertiary/aromatic N) is 1. The minimum absolute atomic E-state index is 0.0168. The molecule has 1 aromatic rings. The summed E-state index contributed by atoms with van der Waals surface area (Å²) in [7, 11) is -3.46. The fourth-order valence-electron chi connectivity index (χ4n) is 3.30. The van der Waals surface area contributed by atoms with E-state index in [1.807, 2.05) is 34.6 Å². The second kappa shape index (κ2) is 5.71. The Morgan fingerprint density at radius 2 is 1.71 bits per heavy atom. The molecule has 1 saturated heterocycles. The Morgan fingerprint density at radius 1 is 1.19 bits per heavy atom. The third-order valence-corrected chi connectivity index (χ3v) is 7.06. The summed E-state index contributed by atoms with van der Waals surface area (Å²) in [4.78, 5) is 0.490. The molecule has 0 saturated carbocycles. The Labute approximate surface area is 128 Å². The Bertz CT molecular complexity index is 626. The molecule has 0 amide bonds. The Morgan fingerprint density at radius 3 is 2.14 bits per heavy atom. The van der Waals surface area contributed by atoms with Crippen LogP contribution in [0.3, 0.4) is 0 Å². The molecule has 0 radical (unpaired) electrons. The largest absolute Gasteiger partial charge is 0.330 e. The first-order chi connectivity index (χ1) is 9.70. The average molecular weight is 310 g/mol. The zero-order valence-corrected chi connectivity index (χ0v) is 14.4. The summed E-state index contributed by atoms with van der Waals surface area (Å²) in [5.74, 6) is 0.265. The van der Waals surface area contributed by atoms with Gasteiger partial charge < -0.3 is 5.73 Å². The van der Waals surface area contributed by atoms with Crippen LogP contribution in [-0.2, 0) is 10.0 Å². The predicted molar refractivity (Wildman–Crippen MR) is 85.9 cm³/mol. The number of rotatable bonds is 3. The van der Waals surface area contributed by atoms with Crippen LogP contribution in [0, 0.1) is 33.6 Å². The molecule has 2 atom stereocenters. The fourth-order valence-corrected chi connectivity index (χ4v) is 5.60. The molecule has 0 aliphatic carbocycles. The molecular formula is C16H26N2O2S. The van der Waals surface area contributed by atoms with Gasteiger partial charge in [-0.2, -0.15) is 4.31 Å². The molecule has 4 nitrogen and oxygen atoms in total.